The van der Waals surface area contributed by atoms with Crippen molar-refractivity contribution in [2.45, 2.75) is 24.7 Å². The van der Waals surface area contributed by atoms with Crippen LogP contribution in [0.4, 0.5) is 0 Å². The molecule has 0 aliphatic carbocycles. The van der Waals surface area contributed by atoms with Crippen molar-refractivity contribution < 1.29 is 13.2 Å². The lowest BCUT2D eigenvalue weighted by Crippen LogP contribution is -2.31. The van der Waals surface area contributed by atoms with Crippen LogP contribution in [0.3, 0.4) is 0 Å². The molecule has 1 rings (SSSR count). The molecule has 0 fully saturated rings. The van der Waals surface area contributed by atoms with Gasteiger partial charge < -0.3 is 5.32 Å². The van der Waals surface area contributed by atoms with Gasteiger partial charge in [0, 0.05) is 6.54 Å². The van der Waals surface area contributed by atoms with Crippen LogP contribution in [-0.4, -0.2) is 26.6 Å². The van der Waals surface area contributed by atoms with E-state index < -0.39 is 21.5 Å². The second kappa shape index (κ2) is 6.39. The molecule has 0 saturated carbocycles. The Morgan fingerprint density at radius 1 is 1.24 bits per heavy atom. The average Bonchev–Trinajstić information content (AvgIpc) is 2.30. The van der Waals surface area contributed by atoms with Gasteiger partial charge in [0.1, 0.15) is 5.75 Å². The molecule has 17 heavy (non-hydrogen) atoms. The molecule has 1 aromatic carbocycles. The average molecular weight is 255 g/mol. The highest BCUT2D eigenvalue weighted by molar-refractivity contribution is 7.92. The van der Waals surface area contributed by atoms with Crippen LogP contribution in [0.25, 0.3) is 0 Å². The first-order valence-electron chi connectivity index (χ1n) is 5.61. The first-order chi connectivity index (χ1) is 8.06. The topological polar surface area (TPSA) is 63.2 Å². The fourth-order valence-corrected chi connectivity index (χ4v) is 2.53. The summed E-state index contributed by atoms with van der Waals surface area (Å²) in [5.41, 5.74) is 0. The van der Waals surface area contributed by atoms with Gasteiger partial charge in [-0.25, -0.2) is 8.42 Å². The zero-order valence-corrected chi connectivity index (χ0v) is 10.7. The molecule has 0 bridgehead atoms. The summed E-state index contributed by atoms with van der Waals surface area (Å²) in [4.78, 5) is 11.6. The molecule has 0 spiro atoms. The minimum atomic E-state index is -3.51. The SMILES string of the molecule is CCCCNC(=O)CS(=O)(=O)c1ccccc1. The Kier molecular flexibility index (Phi) is 5.15. The molecule has 0 aromatic heterocycles. The summed E-state index contributed by atoms with van der Waals surface area (Å²) >= 11 is 0. The van der Waals surface area contributed by atoms with E-state index in [0.717, 1.165) is 12.8 Å². The van der Waals surface area contributed by atoms with Crippen molar-refractivity contribution in [3.05, 3.63) is 30.3 Å². The molecule has 0 radical (unpaired) electrons. The van der Waals surface area contributed by atoms with Gasteiger partial charge in [-0.15, -0.1) is 0 Å². The van der Waals surface area contributed by atoms with Crippen molar-refractivity contribution in [1.29, 1.82) is 0 Å². The zero-order chi connectivity index (χ0) is 12.7. The van der Waals surface area contributed by atoms with E-state index in [-0.39, 0.29) is 4.90 Å². The van der Waals surface area contributed by atoms with Gasteiger partial charge in [0.15, 0.2) is 9.84 Å². The normalized spacial score (nSPS) is 11.1. The predicted molar refractivity (Wildman–Crippen MR) is 66.4 cm³/mol. The van der Waals surface area contributed by atoms with Gasteiger partial charge >= 0.3 is 0 Å². The molecule has 0 saturated heterocycles. The van der Waals surface area contributed by atoms with E-state index in [9.17, 15) is 13.2 Å². The van der Waals surface area contributed by atoms with E-state index >= 15 is 0 Å². The third-order valence-electron chi connectivity index (χ3n) is 2.28. The zero-order valence-electron chi connectivity index (χ0n) is 9.85. The highest BCUT2D eigenvalue weighted by Gasteiger charge is 2.18. The van der Waals surface area contributed by atoms with Crippen LogP contribution in [0.1, 0.15) is 19.8 Å². The minimum Gasteiger partial charge on any atom is -0.355 e. The largest absolute Gasteiger partial charge is 0.355 e. The molecule has 1 aromatic rings. The molecule has 1 N–H and O–H groups in total. The highest BCUT2D eigenvalue weighted by atomic mass is 32.2. The third-order valence-corrected chi connectivity index (χ3v) is 3.91. The molecule has 4 nitrogen and oxygen atoms in total. The number of sulfone groups is 1. The molecule has 0 unspecified atom stereocenters. The number of unbranched alkanes of at least 4 members (excludes halogenated alkanes) is 1. The predicted octanol–water partition coefficient (Wildman–Crippen LogP) is 1.38. The summed E-state index contributed by atoms with van der Waals surface area (Å²) in [5.74, 6) is -0.928. The van der Waals surface area contributed by atoms with Crippen LogP contribution in [-0.2, 0) is 14.6 Å². The monoisotopic (exact) mass is 255 g/mol. The van der Waals surface area contributed by atoms with Crippen LogP contribution in [0.5, 0.6) is 0 Å². The summed E-state index contributed by atoms with van der Waals surface area (Å²) in [6.45, 7) is 2.53. The van der Waals surface area contributed by atoms with Crippen molar-refractivity contribution in [3.63, 3.8) is 0 Å². The Bertz CT molecular complexity index is 454. The third kappa shape index (κ3) is 4.56. The van der Waals surface area contributed by atoms with Crippen molar-refractivity contribution in [2.75, 3.05) is 12.3 Å². The van der Waals surface area contributed by atoms with Crippen LogP contribution in [0, 0.1) is 0 Å². The van der Waals surface area contributed by atoms with E-state index in [4.69, 9.17) is 0 Å². The molecule has 1 amide bonds. The van der Waals surface area contributed by atoms with Gasteiger partial charge in [0.25, 0.3) is 0 Å². The number of carbonyl (C=O) groups is 1. The maximum Gasteiger partial charge on any atom is 0.235 e. The second-order valence-corrected chi connectivity index (χ2v) is 5.77. The van der Waals surface area contributed by atoms with Crippen LogP contribution < -0.4 is 5.32 Å². The van der Waals surface area contributed by atoms with E-state index in [1.807, 2.05) is 6.92 Å². The summed E-state index contributed by atoms with van der Waals surface area (Å²) in [7, 11) is -3.51. The number of nitrogens with one attached hydrogen (secondary N) is 1. The van der Waals surface area contributed by atoms with Gasteiger partial charge in [-0.2, -0.15) is 0 Å². The van der Waals surface area contributed by atoms with Crippen LogP contribution in [0.2, 0.25) is 0 Å². The maximum absolute atomic E-state index is 11.8. The van der Waals surface area contributed by atoms with Gasteiger partial charge in [-0.1, -0.05) is 31.5 Å². The number of hydrogen-bond acceptors (Lipinski definition) is 3. The number of rotatable bonds is 6. The lowest BCUT2D eigenvalue weighted by atomic mass is 10.3. The summed E-state index contributed by atoms with van der Waals surface area (Å²) < 4.78 is 23.6. The maximum atomic E-state index is 11.8. The molecule has 0 atom stereocenters. The van der Waals surface area contributed by atoms with E-state index in [2.05, 4.69) is 5.32 Å². The molecule has 5 heteroatoms. The number of amides is 1. The smallest absolute Gasteiger partial charge is 0.235 e. The lowest BCUT2D eigenvalue weighted by Gasteiger charge is -2.05. The second-order valence-electron chi connectivity index (χ2n) is 3.78. The number of benzene rings is 1. The van der Waals surface area contributed by atoms with Crippen molar-refractivity contribution in [1.82, 2.24) is 5.32 Å². The summed E-state index contributed by atoms with van der Waals surface area (Å²) in [5, 5.41) is 2.59. The Labute approximate surface area is 102 Å². The summed E-state index contributed by atoms with van der Waals surface area (Å²) in [6, 6.07) is 8.01. The Morgan fingerprint density at radius 2 is 1.88 bits per heavy atom. The Balaban J connectivity index is 2.59. The van der Waals surface area contributed by atoms with E-state index in [1.165, 1.54) is 12.1 Å². The fraction of sp³-hybridized carbons (Fsp3) is 0.417. The molecule has 0 heterocycles. The van der Waals surface area contributed by atoms with Crippen molar-refractivity contribution in [3.8, 4) is 0 Å². The van der Waals surface area contributed by atoms with Crippen LogP contribution in [0.15, 0.2) is 35.2 Å². The van der Waals surface area contributed by atoms with Gasteiger partial charge in [0.05, 0.1) is 4.90 Å². The summed E-state index contributed by atoms with van der Waals surface area (Å²) in [6.07, 6.45) is 1.82. The molecule has 0 aliphatic rings. The van der Waals surface area contributed by atoms with Crippen LogP contribution >= 0.6 is 0 Å². The molecule has 94 valence electrons. The fourth-order valence-electron chi connectivity index (χ4n) is 1.34. The highest BCUT2D eigenvalue weighted by Crippen LogP contribution is 2.09. The first-order valence-corrected chi connectivity index (χ1v) is 7.26. The van der Waals surface area contributed by atoms with E-state index in [1.54, 1.807) is 18.2 Å². The standard InChI is InChI=1S/C12H17NO3S/c1-2-3-9-13-12(14)10-17(15,16)11-7-5-4-6-8-11/h4-8H,2-3,9-10H2,1H3,(H,13,14). The van der Waals surface area contributed by atoms with Gasteiger partial charge in [0.2, 0.25) is 5.91 Å². The Morgan fingerprint density at radius 3 is 2.47 bits per heavy atom. The molecular weight excluding hydrogens is 238 g/mol. The van der Waals surface area contributed by atoms with E-state index in [0.29, 0.717) is 6.54 Å². The minimum absolute atomic E-state index is 0.186. The first kappa shape index (κ1) is 13.7. The number of hydrogen-bond donors (Lipinski definition) is 1. The lowest BCUT2D eigenvalue weighted by molar-refractivity contribution is -0.118. The van der Waals surface area contributed by atoms with Crippen molar-refractivity contribution in [2.24, 2.45) is 0 Å². The molecule has 0 aliphatic heterocycles. The van der Waals surface area contributed by atoms with Gasteiger partial charge in [-0.3, -0.25) is 4.79 Å². The Hall–Kier alpha value is -1.36. The van der Waals surface area contributed by atoms with Crippen molar-refractivity contribution >= 4 is 15.7 Å². The van der Waals surface area contributed by atoms with Gasteiger partial charge in [-0.05, 0) is 18.6 Å². The number of carbonyl (C=O) groups excluding carboxylic acids is 1. The quantitative estimate of drug-likeness (QED) is 0.781. The molecular formula is C12H17NO3S.